The van der Waals surface area contributed by atoms with E-state index in [0.717, 1.165) is 0 Å². The molecule has 0 aromatic carbocycles. The highest BCUT2D eigenvalue weighted by molar-refractivity contribution is 6.11. The monoisotopic (exact) mass is 180 g/mol. The second-order valence-corrected chi connectivity index (χ2v) is 2.42. The number of carboxylic acids is 1. The molecular formula is C8H8N2O3. The van der Waals surface area contributed by atoms with E-state index in [-0.39, 0.29) is 5.56 Å². The molecule has 0 spiro atoms. The van der Waals surface area contributed by atoms with Gasteiger partial charge in [0.15, 0.2) is 11.8 Å². The molecule has 1 atom stereocenters. The molecule has 0 bridgehead atoms. The molecule has 0 fully saturated rings. The lowest BCUT2D eigenvalue weighted by Crippen LogP contribution is -2.38. The van der Waals surface area contributed by atoms with Gasteiger partial charge in [-0.05, 0) is 12.1 Å². The predicted octanol–water partition coefficient (Wildman–Crippen LogP) is -0.324. The number of ketones is 1. The molecule has 1 rings (SSSR count). The topological polar surface area (TPSA) is 93.3 Å². The third-order valence-corrected chi connectivity index (χ3v) is 1.51. The molecule has 68 valence electrons. The van der Waals surface area contributed by atoms with Gasteiger partial charge in [-0.1, -0.05) is 0 Å². The van der Waals surface area contributed by atoms with Crippen LogP contribution < -0.4 is 5.73 Å². The Morgan fingerprint density at radius 3 is 2.38 bits per heavy atom. The van der Waals surface area contributed by atoms with Crippen molar-refractivity contribution in [3.63, 3.8) is 0 Å². The second-order valence-electron chi connectivity index (χ2n) is 2.42. The highest BCUT2D eigenvalue weighted by Crippen LogP contribution is 2.00. The number of hydrogen-bond acceptors (Lipinski definition) is 4. The maximum Gasteiger partial charge on any atom is 0.328 e. The molecule has 5 heteroatoms. The Morgan fingerprint density at radius 2 is 1.92 bits per heavy atom. The molecule has 0 aliphatic carbocycles. The van der Waals surface area contributed by atoms with Crippen molar-refractivity contribution >= 4 is 11.8 Å². The normalized spacial score (nSPS) is 12.1. The van der Waals surface area contributed by atoms with Gasteiger partial charge in [0.2, 0.25) is 0 Å². The maximum atomic E-state index is 11.3. The summed E-state index contributed by atoms with van der Waals surface area (Å²) in [6.07, 6.45) is 2.81. The second kappa shape index (κ2) is 3.77. The number of nitrogens with two attached hydrogens (primary N) is 1. The van der Waals surface area contributed by atoms with Crippen molar-refractivity contribution in [3.8, 4) is 0 Å². The van der Waals surface area contributed by atoms with Crippen LogP contribution in [0.4, 0.5) is 0 Å². The van der Waals surface area contributed by atoms with Gasteiger partial charge in [-0.2, -0.15) is 0 Å². The van der Waals surface area contributed by atoms with Gasteiger partial charge in [-0.3, -0.25) is 14.6 Å². The quantitative estimate of drug-likeness (QED) is 0.491. The minimum atomic E-state index is -1.50. The molecule has 0 amide bonds. The molecule has 0 saturated carbocycles. The Morgan fingerprint density at radius 1 is 1.38 bits per heavy atom. The summed E-state index contributed by atoms with van der Waals surface area (Å²) in [5.74, 6) is -1.95. The van der Waals surface area contributed by atoms with Crippen molar-refractivity contribution in [2.45, 2.75) is 6.04 Å². The van der Waals surface area contributed by atoms with Crippen LogP contribution in [0.1, 0.15) is 10.4 Å². The molecule has 1 aromatic rings. The Hall–Kier alpha value is -1.75. The zero-order valence-electron chi connectivity index (χ0n) is 6.68. The Bertz CT molecular complexity index is 323. The third-order valence-electron chi connectivity index (χ3n) is 1.51. The standard InChI is InChI=1S/C8H8N2O3/c9-6(8(12)13)7(11)5-1-3-10-4-2-5/h1-4,6H,9H2,(H,12,13). The highest BCUT2D eigenvalue weighted by Gasteiger charge is 2.22. The van der Waals surface area contributed by atoms with Gasteiger partial charge in [0, 0.05) is 18.0 Å². The van der Waals surface area contributed by atoms with E-state index in [2.05, 4.69) is 4.98 Å². The molecule has 3 N–H and O–H groups in total. The largest absolute Gasteiger partial charge is 0.480 e. The highest BCUT2D eigenvalue weighted by atomic mass is 16.4. The van der Waals surface area contributed by atoms with Gasteiger partial charge in [-0.25, -0.2) is 0 Å². The number of rotatable bonds is 3. The number of aliphatic carboxylic acids is 1. The van der Waals surface area contributed by atoms with Crippen molar-refractivity contribution in [1.82, 2.24) is 4.98 Å². The van der Waals surface area contributed by atoms with E-state index in [0.29, 0.717) is 0 Å². The number of carbonyl (C=O) groups excluding carboxylic acids is 1. The summed E-state index contributed by atoms with van der Waals surface area (Å²) in [6, 6.07) is 1.35. The fraction of sp³-hybridized carbons (Fsp3) is 0.125. The Kier molecular flexibility index (Phi) is 2.71. The summed E-state index contributed by atoms with van der Waals surface area (Å²) in [5.41, 5.74) is 5.38. The van der Waals surface area contributed by atoms with E-state index in [4.69, 9.17) is 10.8 Å². The molecule has 5 nitrogen and oxygen atoms in total. The van der Waals surface area contributed by atoms with Crippen LogP contribution in [0.25, 0.3) is 0 Å². The van der Waals surface area contributed by atoms with E-state index in [1.54, 1.807) is 0 Å². The SMILES string of the molecule is NC(C(=O)O)C(=O)c1ccncc1. The lowest BCUT2D eigenvalue weighted by Gasteiger charge is -2.03. The van der Waals surface area contributed by atoms with Gasteiger partial charge < -0.3 is 10.8 Å². The number of pyridine rings is 1. The smallest absolute Gasteiger partial charge is 0.328 e. The first-order chi connectivity index (χ1) is 6.13. The first kappa shape index (κ1) is 9.34. The Labute approximate surface area is 74.2 Å². The van der Waals surface area contributed by atoms with Crippen LogP contribution >= 0.6 is 0 Å². The summed E-state index contributed by atoms with van der Waals surface area (Å²) < 4.78 is 0. The fourth-order valence-corrected chi connectivity index (χ4v) is 0.808. The van der Waals surface area contributed by atoms with Gasteiger partial charge >= 0.3 is 5.97 Å². The minimum Gasteiger partial charge on any atom is -0.480 e. The zero-order valence-corrected chi connectivity index (χ0v) is 6.68. The van der Waals surface area contributed by atoms with E-state index in [1.807, 2.05) is 0 Å². The minimum absolute atomic E-state index is 0.255. The third kappa shape index (κ3) is 2.09. The van der Waals surface area contributed by atoms with Crippen molar-refractivity contribution < 1.29 is 14.7 Å². The number of carboxylic acid groups (broad SMARTS) is 1. The van der Waals surface area contributed by atoms with Gasteiger partial charge in [0.05, 0.1) is 0 Å². The first-order valence-corrected chi connectivity index (χ1v) is 3.55. The number of nitrogens with zero attached hydrogens (tertiary/aromatic N) is 1. The molecular weight excluding hydrogens is 172 g/mol. The van der Waals surface area contributed by atoms with E-state index in [1.165, 1.54) is 24.5 Å². The van der Waals surface area contributed by atoms with Crippen molar-refractivity contribution in [2.24, 2.45) is 5.73 Å². The molecule has 0 aliphatic rings. The summed E-state index contributed by atoms with van der Waals surface area (Å²) >= 11 is 0. The maximum absolute atomic E-state index is 11.3. The molecule has 0 radical (unpaired) electrons. The molecule has 0 aliphatic heterocycles. The summed E-state index contributed by atoms with van der Waals surface area (Å²) in [4.78, 5) is 25.3. The van der Waals surface area contributed by atoms with Crippen LogP contribution in [0.15, 0.2) is 24.5 Å². The number of hydrogen-bond donors (Lipinski definition) is 2. The van der Waals surface area contributed by atoms with Crippen LogP contribution in [0, 0.1) is 0 Å². The van der Waals surface area contributed by atoms with Crippen LogP contribution in [0.5, 0.6) is 0 Å². The number of aromatic nitrogens is 1. The summed E-state index contributed by atoms with van der Waals surface area (Å²) in [5, 5.41) is 8.45. The van der Waals surface area contributed by atoms with Crippen LogP contribution in [-0.2, 0) is 4.79 Å². The van der Waals surface area contributed by atoms with E-state index >= 15 is 0 Å². The van der Waals surface area contributed by atoms with Crippen molar-refractivity contribution in [1.29, 1.82) is 0 Å². The molecule has 1 unspecified atom stereocenters. The van der Waals surface area contributed by atoms with Gasteiger partial charge in [0.25, 0.3) is 0 Å². The van der Waals surface area contributed by atoms with E-state index < -0.39 is 17.8 Å². The zero-order chi connectivity index (χ0) is 9.84. The number of carbonyl (C=O) groups is 2. The van der Waals surface area contributed by atoms with Crippen LogP contribution in [0.2, 0.25) is 0 Å². The van der Waals surface area contributed by atoms with Crippen LogP contribution in [0.3, 0.4) is 0 Å². The lowest BCUT2D eigenvalue weighted by atomic mass is 10.1. The molecule has 0 saturated heterocycles. The van der Waals surface area contributed by atoms with Crippen LogP contribution in [-0.4, -0.2) is 27.9 Å². The summed E-state index contributed by atoms with van der Waals surface area (Å²) in [7, 11) is 0. The van der Waals surface area contributed by atoms with Crippen molar-refractivity contribution in [3.05, 3.63) is 30.1 Å². The van der Waals surface area contributed by atoms with Crippen molar-refractivity contribution in [2.75, 3.05) is 0 Å². The summed E-state index contributed by atoms with van der Waals surface area (Å²) in [6.45, 7) is 0. The number of Topliss-reactive ketones (excluding diaryl/α,β-unsaturated/α-hetero) is 1. The average molecular weight is 180 g/mol. The molecule has 1 heterocycles. The lowest BCUT2D eigenvalue weighted by molar-refractivity contribution is -0.137. The predicted molar refractivity (Wildman–Crippen MR) is 44.2 cm³/mol. The first-order valence-electron chi connectivity index (χ1n) is 3.55. The molecule has 13 heavy (non-hydrogen) atoms. The Balaban J connectivity index is 2.86. The average Bonchev–Trinajstić information content (AvgIpc) is 2.17. The molecule has 1 aromatic heterocycles. The van der Waals surface area contributed by atoms with Gasteiger partial charge in [0.1, 0.15) is 0 Å². The fourth-order valence-electron chi connectivity index (χ4n) is 0.808. The van der Waals surface area contributed by atoms with E-state index in [9.17, 15) is 9.59 Å². The van der Waals surface area contributed by atoms with Gasteiger partial charge in [-0.15, -0.1) is 0 Å².